The van der Waals surface area contributed by atoms with Gasteiger partial charge in [-0.3, -0.25) is 4.79 Å². The van der Waals surface area contributed by atoms with Gasteiger partial charge in [0, 0.05) is 23.6 Å². The molecule has 5 nitrogen and oxygen atoms in total. The van der Waals surface area contributed by atoms with Crippen LogP contribution >= 0.6 is 0 Å². The lowest BCUT2D eigenvalue weighted by Gasteiger charge is -2.06. The largest absolute Gasteiger partial charge is 0.504 e. The minimum Gasteiger partial charge on any atom is -0.504 e. The van der Waals surface area contributed by atoms with Gasteiger partial charge < -0.3 is 20.5 Å². The van der Waals surface area contributed by atoms with Gasteiger partial charge in [-0.2, -0.15) is 0 Å². The zero-order valence-corrected chi connectivity index (χ0v) is 11.8. The highest BCUT2D eigenvalue weighted by Gasteiger charge is 2.08. The van der Waals surface area contributed by atoms with Crippen LogP contribution in [0.4, 0.5) is 0 Å². The van der Waals surface area contributed by atoms with E-state index in [0.717, 1.165) is 16.5 Å². The van der Waals surface area contributed by atoms with Crippen LogP contribution in [0.3, 0.4) is 0 Å². The van der Waals surface area contributed by atoms with E-state index in [0.29, 0.717) is 12.1 Å². The van der Waals surface area contributed by atoms with Crippen molar-refractivity contribution < 1.29 is 15.0 Å². The Morgan fingerprint density at radius 3 is 2.73 bits per heavy atom. The number of carbonyl (C=O) groups is 1. The highest BCUT2D eigenvalue weighted by atomic mass is 16.3. The third-order valence-electron chi connectivity index (χ3n) is 3.56. The van der Waals surface area contributed by atoms with Gasteiger partial charge in [0.15, 0.2) is 11.5 Å². The van der Waals surface area contributed by atoms with Crippen LogP contribution in [0.25, 0.3) is 10.9 Å². The fourth-order valence-corrected chi connectivity index (χ4v) is 2.40. The lowest BCUT2D eigenvalue weighted by molar-refractivity contribution is -0.120. The molecule has 4 N–H and O–H groups in total. The number of amides is 1. The maximum absolute atomic E-state index is 12.0. The summed E-state index contributed by atoms with van der Waals surface area (Å²) in [6.45, 7) is 0.437. The summed E-state index contributed by atoms with van der Waals surface area (Å²) in [6, 6.07) is 12.3. The third-order valence-corrected chi connectivity index (χ3v) is 3.56. The van der Waals surface area contributed by atoms with Crippen molar-refractivity contribution in [3.63, 3.8) is 0 Å². The molecule has 2 aromatic carbocycles. The number of aromatic nitrogens is 1. The Kier molecular flexibility index (Phi) is 3.70. The van der Waals surface area contributed by atoms with Crippen molar-refractivity contribution in [1.29, 1.82) is 0 Å². The number of aromatic amines is 1. The maximum atomic E-state index is 12.0. The number of fused-ring (bicyclic) bond motifs is 1. The van der Waals surface area contributed by atoms with E-state index in [1.54, 1.807) is 6.07 Å². The highest BCUT2D eigenvalue weighted by Crippen LogP contribution is 2.25. The quantitative estimate of drug-likeness (QED) is 0.558. The van der Waals surface area contributed by atoms with Crippen molar-refractivity contribution in [2.24, 2.45) is 0 Å². The first kappa shape index (κ1) is 14.0. The van der Waals surface area contributed by atoms with Crippen LogP contribution in [-0.4, -0.2) is 21.1 Å². The number of hydrogen-bond donors (Lipinski definition) is 4. The molecule has 0 aliphatic carbocycles. The molecule has 0 bridgehead atoms. The Morgan fingerprint density at radius 2 is 1.91 bits per heavy atom. The van der Waals surface area contributed by atoms with Crippen molar-refractivity contribution in [3.8, 4) is 11.5 Å². The molecule has 3 aromatic rings. The van der Waals surface area contributed by atoms with Crippen LogP contribution in [0.5, 0.6) is 11.5 Å². The number of benzene rings is 2. The number of rotatable bonds is 4. The van der Waals surface area contributed by atoms with Crippen molar-refractivity contribution in [2.75, 3.05) is 0 Å². The standard InChI is InChI=1S/C17H16N2O3/c20-15-6-5-11(7-16(15)21)8-17(22)19-10-12-9-18-14-4-2-1-3-13(12)14/h1-7,9,18,20-21H,8,10H2,(H,19,22). The average Bonchev–Trinajstić information content (AvgIpc) is 2.92. The van der Waals surface area contributed by atoms with E-state index in [-0.39, 0.29) is 23.8 Å². The summed E-state index contributed by atoms with van der Waals surface area (Å²) in [5.74, 6) is -0.555. The summed E-state index contributed by atoms with van der Waals surface area (Å²) in [5.41, 5.74) is 2.71. The Hall–Kier alpha value is -2.95. The molecule has 0 radical (unpaired) electrons. The van der Waals surface area contributed by atoms with Gasteiger partial charge in [0.05, 0.1) is 6.42 Å². The topological polar surface area (TPSA) is 85.3 Å². The van der Waals surface area contributed by atoms with Crippen molar-refractivity contribution >= 4 is 16.8 Å². The molecule has 0 aliphatic heterocycles. The molecule has 0 spiro atoms. The molecule has 3 rings (SSSR count). The smallest absolute Gasteiger partial charge is 0.224 e. The highest BCUT2D eigenvalue weighted by molar-refractivity contribution is 5.84. The molecule has 0 fully saturated rings. The first-order valence-corrected chi connectivity index (χ1v) is 6.96. The second-order valence-corrected chi connectivity index (χ2v) is 5.14. The molecule has 0 aliphatic rings. The summed E-state index contributed by atoms with van der Waals surface area (Å²) >= 11 is 0. The minimum absolute atomic E-state index is 0.143. The number of nitrogens with one attached hydrogen (secondary N) is 2. The third kappa shape index (κ3) is 2.88. The fourth-order valence-electron chi connectivity index (χ4n) is 2.40. The van der Waals surface area contributed by atoms with Gasteiger partial charge in [-0.15, -0.1) is 0 Å². The Labute approximate surface area is 127 Å². The summed E-state index contributed by atoms with van der Waals surface area (Å²) in [6.07, 6.45) is 2.04. The predicted octanol–water partition coefficient (Wildman–Crippen LogP) is 2.44. The van der Waals surface area contributed by atoms with E-state index in [2.05, 4.69) is 10.3 Å². The van der Waals surface area contributed by atoms with Crippen molar-refractivity contribution in [3.05, 3.63) is 59.8 Å². The van der Waals surface area contributed by atoms with Crippen LogP contribution in [0.1, 0.15) is 11.1 Å². The second kappa shape index (κ2) is 5.81. The maximum Gasteiger partial charge on any atom is 0.224 e. The zero-order valence-electron chi connectivity index (χ0n) is 11.8. The van der Waals surface area contributed by atoms with Gasteiger partial charge in [-0.05, 0) is 29.3 Å². The first-order valence-electron chi connectivity index (χ1n) is 6.96. The molecule has 0 saturated heterocycles. The summed E-state index contributed by atoms with van der Waals surface area (Å²) in [7, 11) is 0. The van der Waals surface area contributed by atoms with E-state index < -0.39 is 0 Å². The lowest BCUT2D eigenvalue weighted by atomic mass is 10.1. The average molecular weight is 296 g/mol. The molecule has 22 heavy (non-hydrogen) atoms. The molecule has 0 unspecified atom stereocenters. The van der Waals surface area contributed by atoms with E-state index in [9.17, 15) is 15.0 Å². The van der Waals surface area contributed by atoms with Gasteiger partial charge in [0.25, 0.3) is 0 Å². The van der Waals surface area contributed by atoms with Crippen LogP contribution in [0.2, 0.25) is 0 Å². The minimum atomic E-state index is -0.220. The van der Waals surface area contributed by atoms with Crippen LogP contribution in [-0.2, 0) is 17.8 Å². The molecule has 1 aromatic heterocycles. The Balaban J connectivity index is 1.63. The number of aromatic hydroxyl groups is 2. The van der Waals surface area contributed by atoms with Crippen LogP contribution in [0, 0.1) is 0 Å². The molecule has 0 saturated carbocycles. The van der Waals surface area contributed by atoms with Gasteiger partial charge in [0.1, 0.15) is 0 Å². The lowest BCUT2D eigenvalue weighted by Crippen LogP contribution is -2.24. The van der Waals surface area contributed by atoms with Gasteiger partial charge in [-0.25, -0.2) is 0 Å². The fraction of sp³-hybridized carbons (Fsp3) is 0.118. The molecular formula is C17H16N2O3. The summed E-state index contributed by atoms with van der Waals surface area (Å²) < 4.78 is 0. The first-order chi connectivity index (χ1) is 10.6. The number of H-pyrrole nitrogens is 1. The molecule has 1 amide bonds. The second-order valence-electron chi connectivity index (χ2n) is 5.14. The number of phenols is 2. The van der Waals surface area contributed by atoms with Gasteiger partial charge >= 0.3 is 0 Å². The molecule has 112 valence electrons. The summed E-state index contributed by atoms with van der Waals surface area (Å²) in [4.78, 5) is 15.1. The van der Waals surface area contributed by atoms with Crippen molar-refractivity contribution in [1.82, 2.24) is 10.3 Å². The van der Waals surface area contributed by atoms with Crippen molar-refractivity contribution in [2.45, 2.75) is 13.0 Å². The number of hydrogen-bond acceptors (Lipinski definition) is 3. The Bertz CT molecular complexity index is 824. The normalized spacial score (nSPS) is 10.7. The molecule has 0 atom stereocenters. The number of carbonyl (C=O) groups excluding carboxylic acids is 1. The number of phenolic OH excluding ortho intramolecular Hbond substituents is 2. The predicted molar refractivity (Wildman–Crippen MR) is 83.6 cm³/mol. The molecular weight excluding hydrogens is 280 g/mol. The van der Waals surface area contributed by atoms with E-state index in [4.69, 9.17) is 0 Å². The monoisotopic (exact) mass is 296 g/mol. The van der Waals surface area contributed by atoms with Crippen LogP contribution in [0.15, 0.2) is 48.7 Å². The SMILES string of the molecule is O=C(Cc1ccc(O)c(O)c1)NCc1c[nH]c2ccccc12. The molecule has 5 heteroatoms. The summed E-state index contributed by atoms with van der Waals surface area (Å²) in [5, 5.41) is 22.6. The van der Waals surface area contributed by atoms with Crippen LogP contribution < -0.4 is 5.32 Å². The van der Waals surface area contributed by atoms with Gasteiger partial charge in [0.2, 0.25) is 5.91 Å². The van der Waals surface area contributed by atoms with E-state index in [1.165, 1.54) is 12.1 Å². The zero-order chi connectivity index (χ0) is 15.5. The van der Waals surface area contributed by atoms with E-state index in [1.807, 2.05) is 30.5 Å². The van der Waals surface area contributed by atoms with Gasteiger partial charge in [-0.1, -0.05) is 24.3 Å². The molecule has 1 heterocycles. The number of para-hydroxylation sites is 1. The van der Waals surface area contributed by atoms with E-state index >= 15 is 0 Å². The Morgan fingerprint density at radius 1 is 1.09 bits per heavy atom.